The molecule has 2 heterocycles. The van der Waals surface area contributed by atoms with Crippen LogP contribution in [0.15, 0.2) is 24.3 Å². The highest BCUT2D eigenvalue weighted by atomic mass is 32.2. The number of ether oxygens (including phenoxy) is 1. The van der Waals surface area contributed by atoms with Crippen molar-refractivity contribution < 1.29 is 17.9 Å². The summed E-state index contributed by atoms with van der Waals surface area (Å²) in [6.45, 7) is 6.28. The third kappa shape index (κ3) is 4.71. The molecule has 0 unspecified atom stereocenters. The van der Waals surface area contributed by atoms with Crippen LogP contribution in [0.1, 0.15) is 62.8 Å². The molecule has 1 aliphatic carbocycles. The molecular formula is C22H30N4O4S. The number of alkyl carbamates (subject to hydrolysis) is 1. The summed E-state index contributed by atoms with van der Waals surface area (Å²) in [4.78, 5) is 11.5. The van der Waals surface area contributed by atoms with Crippen LogP contribution in [0.5, 0.6) is 0 Å². The maximum atomic E-state index is 11.9. The fourth-order valence-corrected chi connectivity index (χ4v) is 5.98. The van der Waals surface area contributed by atoms with Crippen molar-refractivity contribution in [3.8, 4) is 0 Å². The Hall–Kier alpha value is -2.55. The molecule has 8 nitrogen and oxygen atoms in total. The molecule has 4 rings (SSSR count). The highest BCUT2D eigenvalue weighted by Gasteiger charge is 2.32. The number of nitrogens with zero attached hydrogens (tertiary/aromatic N) is 2. The van der Waals surface area contributed by atoms with Crippen LogP contribution in [0.4, 0.5) is 16.3 Å². The van der Waals surface area contributed by atoms with Gasteiger partial charge in [-0.25, -0.2) is 17.9 Å². The van der Waals surface area contributed by atoms with Crippen LogP contribution in [0.25, 0.3) is 0 Å². The largest absolute Gasteiger partial charge is 0.446 e. The quantitative estimate of drug-likeness (QED) is 0.741. The molecule has 1 fully saturated rings. The van der Waals surface area contributed by atoms with E-state index in [1.165, 1.54) is 0 Å². The normalized spacial score (nSPS) is 22.2. The van der Waals surface area contributed by atoms with Crippen molar-refractivity contribution in [1.82, 2.24) is 15.1 Å². The summed E-state index contributed by atoms with van der Waals surface area (Å²) in [6, 6.07) is 7.78. The van der Waals surface area contributed by atoms with E-state index < -0.39 is 15.9 Å². The number of nitrogens with one attached hydrogen (secondary N) is 2. The second kappa shape index (κ2) is 7.85. The maximum absolute atomic E-state index is 11.9. The molecule has 0 bridgehead atoms. The van der Waals surface area contributed by atoms with E-state index in [1.807, 2.05) is 22.9 Å². The maximum Gasteiger partial charge on any atom is 0.407 e. The minimum atomic E-state index is -3.03. The molecule has 0 saturated heterocycles. The van der Waals surface area contributed by atoms with E-state index in [9.17, 15) is 13.2 Å². The van der Waals surface area contributed by atoms with Gasteiger partial charge in [-0.05, 0) is 63.3 Å². The van der Waals surface area contributed by atoms with Crippen LogP contribution < -0.4 is 10.6 Å². The first-order chi connectivity index (χ1) is 14.5. The van der Waals surface area contributed by atoms with Crippen LogP contribution in [-0.4, -0.2) is 37.4 Å². The molecule has 1 aromatic carbocycles. The second-order valence-electron chi connectivity index (χ2n) is 9.47. The van der Waals surface area contributed by atoms with Gasteiger partial charge in [-0.3, -0.25) is 0 Å². The lowest BCUT2D eigenvalue weighted by atomic mass is 10.0. The monoisotopic (exact) mass is 446 g/mol. The van der Waals surface area contributed by atoms with E-state index >= 15 is 0 Å². The molecule has 168 valence electrons. The summed E-state index contributed by atoms with van der Waals surface area (Å²) >= 11 is 0. The highest BCUT2D eigenvalue weighted by Crippen LogP contribution is 2.38. The van der Waals surface area contributed by atoms with E-state index in [-0.39, 0.29) is 29.1 Å². The molecule has 1 aromatic heterocycles. The summed E-state index contributed by atoms with van der Waals surface area (Å²) in [5, 5.41) is 10.8. The highest BCUT2D eigenvalue weighted by molar-refractivity contribution is 7.90. The summed E-state index contributed by atoms with van der Waals surface area (Å²) in [5.41, 5.74) is 3.32. The zero-order chi connectivity index (χ0) is 22.4. The Bertz CT molecular complexity index is 1100. The van der Waals surface area contributed by atoms with Crippen LogP contribution in [0.2, 0.25) is 0 Å². The first-order valence-electron chi connectivity index (χ1n) is 10.6. The predicted molar refractivity (Wildman–Crippen MR) is 119 cm³/mol. The number of carbonyl (C=O) groups excluding carboxylic acids is 1. The number of sulfone groups is 1. The molecule has 31 heavy (non-hydrogen) atoms. The van der Waals surface area contributed by atoms with Gasteiger partial charge in [-0.2, -0.15) is 5.10 Å². The number of anilines is 2. The predicted octanol–water partition coefficient (Wildman–Crippen LogP) is 3.80. The molecule has 1 aliphatic heterocycles. The number of amides is 1. The lowest BCUT2D eigenvalue weighted by Gasteiger charge is -2.23. The lowest BCUT2D eigenvalue weighted by molar-refractivity contribution is 0.102. The number of fused-ring (bicyclic) bond motifs is 1. The van der Waals surface area contributed by atoms with E-state index in [1.54, 1.807) is 7.05 Å². The van der Waals surface area contributed by atoms with Crippen molar-refractivity contribution in [2.45, 2.75) is 69.1 Å². The summed E-state index contributed by atoms with van der Waals surface area (Å²) in [5.74, 6) is 1.30. The average Bonchev–Trinajstić information content (AvgIpc) is 3.36. The van der Waals surface area contributed by atoms with E-state index in [0.717, 1.165) is 47.6 Å². The first kappa shape index (κ1) is 21.7. The van der Waals surface area contributed by atoms with E-state index in [4.69, 9.17) is 9.84 Å². The van der Waals surface area contributed by atoms with Gasteiger partial charge in [-0.1, -0.05) is 6.07 Å². The Morgan fingerprint density at radius 3 is 2.61 bits per heavy atom. The number of hydrogen-bond donors (Lipinski definition) is 2. The lowest BCUT2D eigenvalue weighted by Crippen LogP contribution is -2.25. The van der Waals surface area contributed by atoms with Gasteiger partial charge in [0.2, 0.25) is 0 Å². The number of aromatic nitrogens is 2. The Balaban J connectivity index is 1.56. The standard InChI is InChI=1S/C22H30N4O4S/c1-22(2,3)26-20(24-17-7-5-15-12-31(28,29)13-16(15)9-17)11-19(25-26)14-6-8-18(10-14)30-21(27)23-4/h5,7,9,11,14,18,24H,6,8,10,12-13H2,1-4H3,(H,23,27)/t14-,18+/m0/s1. The van der Waals surface area contributed by atoms with Crippen LogP contribution in [0, 0.1) is 0 Å². The van der Waals surface area contributed by atoms with Crippen molar-refractivity contribution in [3.63, 3.8) is 0 Å². The summed E-state index contributed by atoms with van der Waals surface area (Å²) in [7, 11) is -1.47. The van der Waals surface area contributed by atoms with Gasteiger partial charge in [0.25, 0.3) is 0 Å². The fourth-order valence-electron chi connectivity index (χ4n) is 4.38. The van der Waals surface area contributed by atoms with Gasteiger partial charge >= 0.3 is 6.09 Å². The van der Waals surface area contributed by atoms with Crippen molar-refractivity contribution in [2.75, 3.05) is 12.4 Å². The molecule has 9 heteroatoms. The SMILES string of the molecule is CNC(=O)O[C@@H]1CC[C@H](c2cc(Nc3ccc4c(c3)CS(=O)(=O)C4)n(C(C)(C)C)n2)C1. The van der Waals surface area contributed by atoms with E-state index in [0.29, 0.717) is 0 Å². The minimum Gasteiger partial charge on any atom is -0.446 e. The third-order valence-corrected chi connectivity index (χ3v) is 7.38. The third-order valence-electron chi connectivity index (χ3n) is 5.87. The molecule has 2 N–H and O–H groups in total. The minimum absolute atomic E-state index is 0.0937. The topological polar surface area (TPSA) is 102 Å². The van der Waals surface area contributed by atoms with Gasteiger partial charge in [-0.15, -0.1) is 0 Å². The van der Waals surface area contributed by atoms with E-state index in [2.05, 4.69) is 37.5 Å². The molecule has 2 atom stereocenters. The van der Waals surface area contributed by atoms with Gasteiger partial charge in [0.15, 0.2) is 9.84 Å². The van der Waals surface area contributed by atoms with Crippen molar-refractivity contribution in [2.24, 2.45) is 0 Å². The Morgan fingerprint density at radius 2 is 1.90 bits per heavy atom. The van der Waals surface area contributed by atoms with Crippen LogP contribution in [0.3, 0.4) is 0 Å². The van der Waals surface area contributed by atoms with Crippen molar-refractivity contribution in [3.05, 3.63) is 41.1 Å². The Labute approximate surface area is 183 Å². The zero-order valence-electron chi connectivity index (χ0n) is 18.4. The van der Waals surface area contributed by atoms with Gasteiger partial charge in [0.05, 0.1) is 22.7 Å². The number of benzene rings is 1. The Kier molecular flexibility index (Phi) is 5.49. The first-order valence-corrected chi connectivity index (χ1v) is 12.4. The van der Waals surface area contributed by atoms with Crippen LogP contribution in [-0.2, 0) is 31.6 Å². The smallest absolute Gasteiger partial charge is 0.407 e. The molecule has 1 amide bonds. The van der Waals surface area contributed by atoms with Gasteiger partial charge in [0.1, 0.15) is 11.9 Å². The fraction of sp³-hybridized carbons (Fsp3) is 0.545. The molecule has 1 saturated carbocycles. The zero-order valence-corrected chi connectivity index (χ0v) is 19.3. The molecular weight excluding hydrogens is 416 g/mol. The molecule has 2 aromatic rings. The van der Waals surface area contributed by atoms with Gasteiger partial charge < -0.3 is 15.4 Å². The molecule has 0 spiro atoms. The number of rotatable bonds is 4. The van der Waals surface area contributed by atoms with Crippen LogP contribution >= 0.6 is 0 Å². The van der Waals surface area contributed by atoms with Crippen molar-refractivity contribution >= 4 is 27.4 Å². The van der Waals surface area contributed by atoms with Gasteiger partial charge in [0, 0.05) is 24.7 Å². The summed E-state index contributed by atoms with van der Waals surface area (Å²) in [6.07, 6.45) is 2.00. The number of hydrogen-bond acceptors (Lipinski definition) is 6. The molecule has 2 aliphatic rings. The second-order valence-corrected chi connectivity index (χ2v) is 11.5. The molecule has 0 radical (unpaired) electrons. The Morgan fingerprint density at radius 1 is 1.16 bits per heavy atom. The summed E-state index contributed by atoms with van der Waals surface area (Å²) < 4.78 is 31.3. The van der Waals surface area contributed by atoms with Crippen molar-refractivity contribution in [1.29, 1.82) is 0 Å². The average molecular weight is 447 g/mol. The number of carbonyl (C=O) groups is 1.